The Labute approximate surface area is 144 Å². The number of nitrogens with two attached hydrogens (primary N) is 1. The van der Waals surface area contributed by atoms with E-state index in [1.165, 1.54) is 0 Å². The van der Waals surface area contributed by atoms with Gasteiger partial charge in [0.05, 0.1) is 12.6 Å². The topological polar surface area (TPSA) is 84.7 Å². The number of nitrogen functional groups attached to an aromatic ring is 1. The third-order valence-corrected chi connectivity index (χ3v) is 5.46. The number of ether oxygens (including phenoxy) is 1. The van der Waals surface area contributed by atoms with Gasteiger partial charge in [-0.15, -0.1) is 0 Å². The van der Waals surface area contributed by atoms with Crippen molar-refractivity contribution in [2.45, 2.75) is 24.1 Å². The van der Waals surface area contributed by atoms with Crippen LogP contribution in [0.4, 0.5) is 11.4 Å². The molecule has 3 N–H and O–H groups in total. The van der Waals surface area contributed by atoms with E-state index in [2.05, 4.69) is 5.32 Å². The van der Waals surface area contributed by atoms with Gasteiger partial charge in [0, 0.05) is 22.5 Å². The molecule has 0 aliphatic carbocycles. The van der Waals surface area contributed by atoms with Gasteiger partial charge in [0.2, 0.25) is 11.8 Å². The quantitative estimate of drug-likeness (QED) is 0.615. The molecule has 6 heteroatoms. The summed E-state index contributed by atoms with van der Waals surface area (Å²) in [6, 6.07) is 14.8. The smallest absolute Gasteiger partial charge is 0.245 e. The number of benzene rings is 2. The third-order valence-electron chi connectivity index (χ3n) is 5.46. The summed E-state index contributed by atoms with van der Waals surface area (Å²) >= 11 is 0. The minimum absolute atomic E-state index is 0.105. The number of rotatable bonds is 1. The summed E-state index contributed by atoms with van der Waals surface area (Å²) in [5.41, 5.74) is 7.50. The van der Waals surface area contributed by atoms with Crippen molar-refractivity contribution in [2.75, 3.05) is 17.7 Å². The Morgan fingerprint density at radius 1 is 1.16 bits per heavy atom. The van der Waals surface area contributed by atoms with Crippen LogP contribution in [-0.4, -0.2) is 29.4 Å². The highest BCUT2D eigenvalue weighted by atomic mass is 16.5. The van der Waals surface area contributed by atoms with Crippen LogP contribution in [0.15, 0.2) is 48.5 Å². The standard InChI is InChI=1S/C19H17N3O3/c20-12-6-7-14-15(8-12)21-17(23)19(14)9-13-10-25-16(22(13)18(19)24)11-4-2-1-3-5-11/h1-8,13,16H,9-10,20H2,(H,21,23)/t13-,16-,19+/m0/s1. The number of hydrogen-bond donors (Lipinski definition) is 2. The Balaban J connectivity index is 1.59. The molecular weight excluding hydrogens is 318 g/mol. The predicted molar refractivity (Wildman–Crippen MR) is 91.5 cm³/mol. The molecule has 0 bridgehead atoms. The Bertz CT molecular complexity index is 898. The van der Waals surface area contributed by atoms with Crippen LogP contribution in [0.2, 0.25) is 0 Å². The van der Waals surface area contributed by atoms with Crippen molar-refractivity contribution in [3.63, 3.8) is 0 Å². The molecular formula is C19H17N3O3. The fourth-order valence-electron chi connectivity index (χ4n) is 4.32. The van der Waals surface area contributed by atoms with Crippen LogP contribution in [0, 0.1) is 0 Å². The van der Waals surface area contributed by atoms with Gasteiger partial charge in [0.15, 0.2) is 11.6 Å². The van der Waals surface area contributed by atoms with E-state index >= 15 is 0 Å². The summed E-state index contributed by atoms with van der Waals surface area (Å²) in [4.78, 5) is 28.0. The normalized spacial score (nSPS) is 29.8. The fraction of sp³-hybridized carbons (Fsp3) is 0.263. The van der Waals surface area contributed by atoms with Gasteiger partial charge in [0.1, 0.15) is 0 Å². The number of nitrogens with zero attached hydrogens (tertiary/aromatic N) is 1. The lowest BCUT2D eigenvalue weighted by Crippen LogP contribution is -2.43. The molecule has 3 atom stereocenters. The molecule has 6 nitrogen and oxygen atoms in total. The van der Waals surface area contributed by atoms with Crippen LogP contribution in [0.1, 0.15) is 23.8 Å². The highest BCUT2D eigenvalue weighted by molar-refractivity contribution is 6.22. The highest BCUT2D eigenvalue weighted by Gasteiger charge is 2.64. The largest absolute Gasteiger partial charge is 0.399 e. The molecule has 1 spiro atoms. The summed E-state index contributed by atoms with van der Waals surface area (Å²) in [7, 11) is 0. The lowest BCUT2D eigenvalue weighted by Gasteiger charge is -2.25. The Hall–Kier alpha value is -2.86. The van der Waals surface area contributed by atoms with Crippen LogP contribution in [0.25, 0.3) is 0 Å². The zero-order valence-electron chi connectivity index (χ0n) is 13.4. The second kappa shape index (κ2) is 4.83. The number of hydrogen-bond acceptors (Lipinski definition) is 4. The van der Waals surface area contributed by atoms with Gasteiger partial charge in [-0.05, 0) is 18.6 Å². The van der Waals surface area contributed by atoms with Crippen molar-refractivity contribution < 1.29 is 14.3 Å². The molecule has 3 aliphatic heterocycles. The molecule has 5 rings (SSSR count). The number of fused-ring (bicyclic) bond motifs is 3. The van der Waals surface area contributed by atoms with Crippen molar-refractivity contribution in [1.29, 1.82) is 0 Å². The van der Waals surface area contributed by atoms with E-state index in [1.807, 2.05) is 30.3 Å². The van der Waals surface area contributed by atoms with Gasteiger partial charge in [-0.3, -0.25) is 9.59 Å². The number of carbonyl (C=O) groups excluding carboxylic acids is 2. The molecule has 2 saturated heterocycles. The molecule has 0 aromatic heterocycles. The first-order chi connectivity index (χ1) is 12.1. The van der Waals surface area contributed by atoms with Gasteiger partial charge in [-0.1, -0.05) is 36.4 Å². The van der Waals surface area contributed by atoms with Gasteiger partial charge in [-0.25, -0.2) is 0 Å². The maximum absolute atomic E-state index is 13.4. The molecule has 0 radical (unpaired) electrons. The van der Waals surface area contributed by atoms with E-state index in [4.69, 9.17) is 10.5 Å². The molecule has 0 saturated carbocycles. The van der Waals surface area contributed by atoms with Crippen molar-refractivity contribution in [3.05, 3.63) is 59.7 Å². The first-order valence-electron chi connectivity index (χ1n) is 8.32. The zero-order chi connectivity index (χ0) is 17.2. The first kappa shape index (κ1) is 14.5. The first-order valence-corrected chi connectivity index (χ1v) is 8.32. The second-order valence-electron chi connectivity index (χ2n) is 6.83. The van der Waals surface area contributed by atoms with Crippen LogP contribution in [0.5, 0.6) is 0 Å². The van der Waals surface area contributed by atoms with Gasteiger partial charge < -0.3 is 20.7 Å². The number of amides is 2. The maximum atomic E-state index is 13.4. The predicted octanol–water partition coefficient (Wildman–Crippen LogP) is 1.79. The number of nitrogens with one attached hydrogen (secondary N) is 1. The lowest BCUT2D eigenvalue weighted by molar-refractivity contribution is -0.142. The molecule has 2 aromatic rings. The zero-order valence-corrected chi connectivity index (χ0v) is 13.4. The fourth-order valence-corrected chi connectivity index (χ4v) is 4.32. The van der Waals surface area contributed by atoms with E-state index in [-0.39, 0.29) is 17.9 Å². The Morgan fingerprint density at radius 3 is 2.76 bits per heavy atom. The molecule has 3 aliphatic rings. The van der Waals surface area contributed by atoms with Crippen molar-refractivity contribution >= 4 is 23.2 Å². The molecule has 0 unspecified atom stereocenters. The van der Waals surface area contributed by atoms with Gasteiger partial charge in [0.25, 0.3) is 0 Å². The molecule has 2 amide bonds. The van der Waals surface area contributed by atoms with E-state index in [0.717, 1.165) is 11.1 Å². The Kier molecular flexibility index (Phi) is 2.80. The average Bonchev–Trinajstić information content (AvgIpc) is 3.23. The molecule has 2 fully saturated rings. The van der Waals surface area contributed by atoms with Gasteiger partial charge >= 0.3 is 0 Å². The SMILES string of the molecule is Nc1ccc2c(c1)NC(=O)[C@@]21C[C@H]2CO[C@@H](c3ccccc3)N2C1=O. The molecule has 2 aromatic carbocycles. The second-order valence-corrected chi connectivity index (χ2v) is 6.83. The third kappa shape index (κ3) is 1.77. The number of anilines is 2. The monoisotopic (exact) mass is 335 g/mol. The summed E-state index contributed by atoms with van der Waals surface area (Å²) < 4.78 is 5.87. The van der Waals surface area contributed by atoms with Crippen LogP contribution >= 0.6 is 0 Å². The van der Waals surface area contributed by atoms with Crippen LogP contribution < -0.4 is 11.1 Å². The van der Waals surface area contributed by atoms with E-state index in [1.54, 1.807) is 23.1 Å². The summed E-state index contributed by atoms with van der Waals surface area (Å²) in [5, 5.41) is 2.84. The minimum atomic E-state index is -1.16. The van der Waals surface area contributed by atoms with Crippen molar-refractivity contribution in [3.8, 4) is 0 Å². The van der Waals surface area contributed by atoms with Crippen molar-refractivity contribution in [2.24, 2.45) is 0 Å². The van der Waals surface area contributed by atoms with Gasteiger partial charge in [-0.2, -0.15) is 0 Å². The van der Waals surface area contributed by atoms with Crippen LogP contribution in [-0.2, 0) is 19.7 Å². The average molecular weight is 335 g/mol. The highest BCUT2D eigenvalue weighted by Crippen LogP contribution is 2.51. The minimum Gasteiger partial charge on any atom is -0.399 e. The van der Waals surface area contributed by atoms with E-state index in [0.29, 0.717) is 24.4 Å². The summed E-state index contributed by atoms with van der Waals surface area (Å²) in [6.45, 7) is 0.435. The molecule has 126 valence electrons. The molecule has 3 heterocycles. The Morgan fingerprint density at radius 2 is 1.96 bits per heavy atom. The lowest BCUT2D eigenvalue weighted by atomic mass is 9.79. The summed E-state index contributed by atoms with van der Waals surface area (Å²) in [5.74, 6) is -0.454. The van der Waals surface area contributed by atoms with Crippen molar-refractivity contribution in [1.82, 2.24) is 4.90 Å². The van der Waals surface area contributed by atoms with E-state index < -0.39 is 11.6 Å². The summed E-state index contributed by atoms with van der Waals surface area (Å²) in [6.07, 6.45) is -0.0125. The molecule has 25 heavy (non-hydrogen) atoms. The number of carbonyl (C=O) groups is 2. The van der Waals surface area contributed by atoms with E-state index in [9.17, 15) is 9.59 Å². The van der Waals surface area contributed by atoms with Crippen LogP contribution in [0.3, 0.4) is 0 Å². The maximum Gasteiger partial charge on any atom is 0.245 e.